The first kappa shape index (κ1) is 12.9. The van der Waals surface area contributed by atoms with Crippen LogP contribution < -0.4 is 10.5 Å². The van der Waals surface area contributed by atoms with Crippen molar-refractivity contribution in [3.63, 3.8) is 0 Å². The standard InChI is InChI=1S/C10H8F3NO3/c11-10(12,13)17-8-5-7(14)3-1-6(8)2-4-9(15)16/h1-5H,14H2,(H,15,16)/b4-2+. The number of nitrogen functional groups attached to an aromatic ring is 1. The highest BCUT2D eigenvalue weighted by atomic mass is 19.4. The van der Waals surface area contributed by atoms with Gasteiger partial charge in [-0.3, -0.25) is 0 Å². The highest BCUT2D eigenvalue weighted by Crippen LogP contribution is 2.29. The van der Waals surface area contributed by atoms with Crippen LogP contribution in [0, 0.1) is 0 Å². The molecule has 0 atom stereocenters. The monoisotopic (exact) mass is 247 g/mol. The van der Waals surface area contributed by atoms with Crippen LogP contribution in [0.15, 0.2) is 24.3 Å². The lowest BCUT2D eigenvalue weighted by atomic mass is 10.1. The van der Waals surface area contributed by atoms with Crippen LogP contribution >= 0.6 is 0 Å². The molecule has 0 radical (unpaired) electrons. The highest BCUT2D eigenvalue weighted by molar-refractivity contribution is 5.86. The van der Waals surface area contributed by atoms with E-state index in [9.17, 15) is 18.0 Å². The number of carboxylic acid groups (broad SMARTS) is 1. The van der Waals surface area contributed by atoms with Crippen LogP contribution in [0.1, 0.15) is 5.56 Å². The number of hydrogen-bond acceptors (Lipinski definition) is 3. The third-order valence-electron chi connectivity index (χ3n) is 1.67. The van der Waals surface area contributed by atoms with Crippen molar-refractivity contribution in [1.82, 2.24) is 0 Å². The lowest BCUT2D eigenvalue weighted by molar-refractivity contribution is -0.274. The molecule has 0 saturated carbocycles. The Kier molecular flexibility index (Phi) is 3.62. The summed E-state index contributed by atoms with van der Waals surface area (Å²) in [7, 11) is 0. The minimum absolute atomic E-state index is 0.0288. The lowest BCUT2D eigenvalue weighted by Crippen LogP contribution is -2.17. The number of nitrogens with two attached hydrogens (primary N) is 1. The number of carbonyl (C=O) groups is 1. The van der Waals surface area contributed by atoms with Gasteiger partial charge in [0.15, 0.2) is 0 Å². The SMILES string of the molecule is Nc1ccc(/C=C/C(=O)O)c(OC(F)(F)F)c1. The second kappa shape index (κ2) is 4.77. The van der Waals surface area contributed by atoms with Gasteiger partial charge >= 0.3 is 12.3 Å². The average Bonchev–Trinajstić information content (AvgIpc) is 2.13. The minimum Gasteiger partial charge on any atom is -0.478 e. The first-order valence-electron chi connectivity index (χ1n) is 4.34. The van der Waals surface area contributed by atoms with Gasteiger partial charge in [-0.1, -0.05) is 0 Å². The zero-order valence-corrected chi connectivity index (χ0v) is 8.36. The molecule has 0 aliphatic carbocycles. The number of rotatable bonds is 3. The molecule has 0 amide bonds. The summed E-state index contributed by atoms with van der Waals surface area (Å²) in [5.41, 5.74) is 5.37. The summed E-state index contributed by atoms with van der Waals surface area (Å²) in [6.45, 7) is 0. The van der Waals surface area contributed by atoms with Gasteiger partial charge in [-0.25, -0.2) is 4.79 Å². The van der Waals surface area contributed by atoms with Crippen molar-refractivity contribution in [2.75, 3.05) is 5.73 Å². The van der Waals surface area contributed by atoms with Crippen LogP contribution in [0.2, 0.25) is 0 Å². The van der Waals surface area contributed by atoms with Crippen molar-refractivity contribution in [3.8, 4) is 5.75 Å². The van der Waals surface area contributed by atoms with Gasteiger partial charge in [-0.05, 0) is 18.2 Å². The molecule has 0 unspecified atom stereocenters. The minimum atomic E-state index is -4.86. The van der Waals surface area contributed by atoms with E-state index < -0.39 is 18.1 Å². The van der Waals surface area contributed by atoms with Crippen LogP contribution in [0.25, 0.3) is 6.08 Å². The van der Waals surface area contributed by atoms with E-state index in [4.69, 9.17) is 10.8 Å². The van der Waals surface area contributed by atoms with Gasteiger partial charge < -0.3 is 15.6 Å². The van der Waals surface area contributed by atoms with Crippen molar-refractivity contribution in [2.45, 2.75) is 6.36 Å². The van der Waals surface area contributed by atoms with Crippen LogP contribution in [0.5, 0.6) is 5.75 Å². The summed E-state index contributed by atoms with van der Waals surface area (Å²) < 4.78 is 39.9. The summed E-state index contributed by atoms with van der Waals surface area (Å²) in [4.78, 5) is 10.3. The smallest absolute Gasteiger partial charge is 0.478 e. The van der Waals surface area contributed by atoms with E-state index in [1.807, 2.05) is 0 Å². The van der Waals surface area contributed by atoms with E-state index in [1.165, 1.54) is 12.1 Å². The number of aliphatic carboxylic acids is 1. The largest absolute Gasteiger partial charge is 0.573 e. The molecule has 92 valence electrons. The summed E-state index contributed by atoms with van der Waals surface area (Å²) in [5.74, 6) is -1.82. The lowest BCUT2D eigenvalue weighted by Gasteiger charge is -2.11. The Hall–Kier alpha value is -2.18. The molecule has 0 aliphatic rings. The van der Waals surface area contributed by atoms with E-state index in [0.717, 1.165) is 12.1 Å². The number of halogens is 3. The second-order valence-corrected chi connectivity index (χ2v) is 3.02. The second-order valence-electron chi connectivity index (χ2n) is 3.02. The van der Waals surface area contributed by atoms with E-state index in [1.54, 1.807) is 0 Å². The molecule has 0 bridgehead atoms. The molecule has 0 saturated heterocycles. The molecule has 3 N–H and O–H groups in total. The van der Waals surface area contributed by atoms with Gasteiger partial charge in [0.2, 0.25) is 0 Å². The Morgan fingerprint density at radius 3 is 2.59 bits per heavy atom. The molecular weight excluding hydrogens is 239 g/mol. The topological polar surface area (TPSA) is 72.6 Å². The maximum atomic E-state index is 12.0. The zero-order chi connectivity index (χ0) is 13.1. The molecule has 4 nitrogen and oxygen atoms in total. The Bertz CT molecular complexity index is 455. The first-order chi connectivity index (χ1) is 7.78. The molecule has 0 aliphatic heterocycles. The molecule has 0 spiro atoms. The van der Waals surface area contributed by atoms with Gasteiger partial charge in [-0.15, -0.1) is 13.2 Å². The van der Waals surface area contributed by atoms with Crippen molar-refractivity contribution in [3.05, 3.63) is 29.8 Å². The van der Waals surface area contributed by atoms with Gasteiger partial charge in [0, 0.05) is 23.4 Å². The Balaban J connectivity index is 3.08. The quantitative estimate of drug-likeness (QED) is 0.634. The maximum absolute atomic E-state index is 12.0. The van der Waals surface area contributed by atoms with Crippen molar-refractivity contribution >= 4 is 17.7 Å². The summed E-state index contributed by atoms with van der Waals surface area (Å²) in [5, 5.41) is 8.38. The highest BCUT2D eigenvalue weighted by Gasteiger charge is 2.31. The van der Waals surface area contributed by atoms with E-state index in [2.05, 4.69) is 4.74 Å². The van der Waals surface area contributed by atoms with Crippen LogP contribution in [-0.4, -0.2) is 17.4 Å². The number of benzene rings is 1. The molecule has 7 heteroatoms. The average molecular weight is 247 g/mol. The van der Waals surface area contributed by atoms with Crippen molar-refractivity contribution in [1.29, 1.82) is 0 Å². The van der Waals surface area contributed by atoms with E-state index in [0.29, 0.717) is 6.08 Å². The molecule has 1 aromatic carbocycles. The zero-order valence-electron chi connectivity index (χ0n) is 8.36. The molecule has 0 fully saturated rings. The third kappa shape index (κ3) is 4.45. The molecule has 17 heavy (non-hydrogen) atoms. The van der Waals surface area contributed by atoms with Crippen LogP contribution in [-0.2, 0) is 4.79 Å². The Labute approximate surface area is 94.1 Å². The molecule has 0 aromatic heterocycles. The molecular formula is C10H8F3NO3. The number of alkyl halides is 3. The Morgan fingerprint density at radius 1 is 1.41 bits per heavy atom. The normalized spacial score (nSPS) is 11.7. The van der Waals surface area contributed by atoms with Crippen LogP contribution in [0.4, 0.5) is 18.9 Å². The van der Waals surface area contributed by atoms with Crippen LogP contribution in [0.3, 0.4) is 0 Å². The van der Waals surface area contributed by atoms with Gasteiger partial charge in [0.05, 0.1) is 0 Å². The van der Waals surface area contributed by atoms with Gasteiger partial charge in [-0.2, -0.15) is 0 Å². The predicted octanol–water partition coefficient (Wildman–Crippen LogP) is 2.27. The van der Waals surface area contributed by atoms with E-state index in [-0.39, 0.29) is 11.3 Å². The number of anilines is 1. The fourth-order valence-corrected chi connectivity index (χ4v) is 1.06. The molecule has 1 rings (SSSR count). The predicted molar refractivity (Wildman–Crippen MR) is 54.2 cm³/mol. The van der Waals surface area contributed by atoms with Gasteiger partial charge in [0.1, 0.15) is 5.75 Å². The summed E-state index contributed by atoms with van der Waals surface area (Å²) in [6, 6.07) is 3.54. The maximum Gasteiger partial charge on any atom is 0.573 e. The van der Waals surface area contributed by atoms with E-state index >= 15 is 0 Å². The van der Waals surface area contributed by atoms with Gasteiger partial charge in [0.25, 0.3) is 0 Å². The summed E-state index contributed by atoms with van der Waals surface area (Å²) in [6.07, 6.45) is -3.17. The third-order valence-corrected chi connectivity index (χ3v) is 1.67. The number of carboxylic acids is 1. The molecule has 1 aromatic rings. The fraction of sp³-hybridized carbons (Fsp3) is 0.100. The first-order valence-corrected chi connectivity index (χ1v) is 4.34. The summed E-state index contributed by atoms with van der Waals surface area (Å²) >= 11 is 0. The fourth-order valence-electron chi connectivity index (χ4n) is 1.06. The number of hydrogen-bond donors (Lipinski definition) is 2. The number of ether oxygens (including phenoxy) is 1. The Morgan fingerprint density at radius 2 is 2.06 bits per heavy atom. The molecule has 0 heterocycles. The van der Waals surface area contributed by atoms with Crippen molar-refractivity contribution < 1.29 is 27.8 Å². The van der Waals surface area contributed by atoms with Crippen molar-refractivity contribution in [2.24, 2.45) is 0 Å².